The number of nitrogens with zero attached hydrogens (tertiary/aromatic N) is 1. The van der Waals surface area contributed by atoms with E-state index in [-0.39, 0.29) is 6.04 Å². The number of hydrazine groups is 1. The molecule has 1 atom stereocenters. The Morgan fingerprint density at radius 3 is 2.60 bits per heavy atom. The number of aryl methyl sites for hydroxylation is 2. The average Bonchev–Trinajstić information content (AvgIpc) is 2.78. The molecule has 112 valence electrons. The molecule has 1 aromatic heterocycles. The molecule has 4 N–H and O–H groups in total. The first-order valence-electron chi connectivity index (χ1n) is 7.48. The van der Waals surface area contributed by atoms with Gasteiger partial charge in [0.15, 0.2) is 0 Å². The summed E-state index contributed by atoms with van der Waals surface area (Å²) in [5, 5.41) is 3.40. The molecule has 0 saturated heterocycles. The van der Waals surface area contributed by atoms with Crippen LogP contribution in [-0.2, 0) is 0 Å². The van der Waals surface area contributed by atoms with E-state index in [1.807, 2.05) is 11.3 Å². The molecule has 1 aliphatic rings. The highest BCUT2D eigenvalue weighted by Gasteiger charge is 2.16. The van der Waals surface area contributed by atoms with Gasteiger partial charge in [-0.1, -0.05) is 19.3 Å². The smallest absolute Gasteiger partial charge is 0.206 e. The minimum absolute atomic E-state index is 0.221. The Bertz CT molecular complexity index is 460. The Morgan fingerprint density at radius 1 is 1.35 bits per heavy atom. The van der Waals surface area contributed by atoms with E-state index in [9.17, 15) is 0 Å². The van der Waals surface area contributed by atoms with E-state index in [0.717, 1.165) is 0 Å². The van der Waals surface area contributed by atoms with Gasteiger partial charge >= 0.3 is 0 Å². The minimum atomic E-state index is 0.221. The molecule has 1 fully saturated rings. The van der Waals surface area contributed by atoms with Gasteiger partial charge in [-0.2, -0.15) is 0 Å². The van der Waals surface area contributed by atoms with Crippen molar-refractivity contribution in [2.75, 3.05) is 0 Å². The maximum Gasteiger partial charge on any atom is 0.206 e. The lowest BCUT2D eigenvalue weighted by Gasteiger charge is -2.21. The van der Waals surface area contributed by atoms with Gasteiger partial charge in [-0.25, -0.2) is 10.8 Å². The summed E-state index contributed by atoms with van der Waals surface area (Å²) in [6, 6.07) is 2.88. The van der Waals surface area contributed by atoms with Gasteiger partial charge in [0.2, 0.25) is 5.96 Å². The number of aliphatic imine (C=N–C) groups is 1. The highest BCUT2D eigenvalue weighted by Crippen LogP contribution is 2.26. The van der Waals surface area contributed by atoms with Crippen LogP contribution in [0.4, 0.5) is 0 Å². The predicted octanol–water partition coefficient (Wildman–Crippen LogP) is 3.17. The van der Waals surface area contributed by atoms with Gasteiger partial charge in [-0.05, 0) is 45.2 Å². The summed E-state index contributed by atoms with van der Waals surface area (Å²) in [4.78, 5) is 7.43. The lowest BCUT2D eigenvalue weighted by molar-refractivity contribution is 0.440. The number of thiophene rings is 1. The summed E-state index contributed by atoms with van der Waals surface area (Å²) >= 11 is 1.84. The lowest BCUT2D eigenvalue weighted by Crippen LogP contribution is -2.43. The number of hydrogen-bond donors (Lipinski definition) is 3. The highest BCUT2D eigenvalue weighted by molar-refractivity contribution is 7.12. The van der Waals surface area contributed by atoms with Crippen molar-refractivity contribution in [2.24, 2.45) is 10.8 Å². The van der Waals surface area contributed by atoms with Gasteiger partial charge in [-0.3, -0.25) is 5.43 Å². The molecule has 5 heteroatoms. The van der Waals surface area contributed by atoms with Gasteiger partial charge in [0.05, 0.1) is 12.1 Å². The van der Waals surface area contributed by atoms with Gasteiger partial charge in [0, 0.05) is 9.75 Å². The average molecular weight is 294 g/mol. The molecule has 2 rings (SSSR count). The van der Waals surface area contributed by atoms with E-state index in [4.69, 9.17) is 10.8 Å². The highest BCUT2D eigenvalue weighted by atomic mass is 32.1. The number of guanidine groups is 1. The molecule has 4 nitrogen and oxygen atoms in total. The van der Waals surface area contributed by atoms with Crippen LogP contribution in [0.3, 0.4) is 0 Å². The SMILES string of the molecule is Cc1cc(C(C)NC(=NC2CCCCC2)NN)c(C)s1. The van der Waals surface area contributed by atoms with Gasteiger partial charge in [0.1, 0.15) is 0 Å². The van der Waals surface area contributed by atoms with Crippen LogP contribution in [0.1, 0.15) is 60.4 Å². The molecular formula is C15H26N4S. The van der Waals surface area contributed by atoms with E-state index in [1.54, 1.807) is 0 Å². The predicted molar refractivity (Wildman–Crippen MR) is 87.0 cm³/mol. The summed E-state index contributed by atoms with van der Waals surface area (Å²) in [7, 11) is 0. The van der Waals surface area contributed by atoms with Crippen molar-refractivity contribution in [3.8, 4) is 0 Å². The molecule has 1 heterocycles. The van der Waals surface area contributed by atoms with Crippen LogP contribution in [0.15, 0.2) is 11.1 Å². The fourth-order valence-electron chi connectivity index (χ4n) is 2.87. The Balaban J connectivity index is 2.01. The maximum absolute atomic E-state index is 5.62. The second kappa shape index (κ2) is 7.09. The molecule has 1 aliphatic carbocycles. The first-order chi connectivity index (χ1) is 9.60. The van der Waals surface area contributed by atoms with Crippen molar-refractivity contribution in [3.63, 3.8) is 0 Å². The quantitative estimate of drug-likeness (QED) is 0.347. The molecule has 0 spiro atoms. The largest absolute Gasteiger partial charge is 0.349 e. The Labute approximate surface area is 125 Å². The molecule has 0 aliphatic heterocycles. The first-order valence-corrected chi connectivity index (χ1v) is 8.29. The Kier molecular flexibility index (Phi) is 5.43. The van der Waals surface area contributed by atoms with Crippen LogP contribution in [0.25, 0.3) is 0 Å². The molecule has 1 unspecified atom stereocenters. The van der Waals surface area contributed by atoms with Crippen molar-refractivity contribution < 1.29 is 0 Å². The maximum atomic E-state index is 5.62. The van der Waals surface area contributed by atoms with E-state index < -0.39 is 0 Å². The van der Waals surface area contributed by atoms with Crippen LogP contribution in [0.2, 0.25) is 0 Å². The van der Waals surface area contributed by atoms with Crippen molar-refractivity contribution in [2.45, 2.75) is 65.0 Å². The zero-order valence-electron chi connectivity index (χ0n) is 12.7. The van der Waals surface area contributed by atoms with Crippen LogP contribution < -0.4 is 16.6 Å². The molecule has 1 aromatic rings. The second-order valence-electron chi connectivity index (χ2n) is 5.65. The number of rotatable bonds is 3. The molecular weight excluding hydrogens is 268 g/mol. The van der Waals surface area contributed by atoms with Crippen molar-refractivity contribution in [3.05, 3.63) is 21.4 Å². The van der Waals surface area contributed by atoms with E-state index >= 15 is 0 Å². The van der Waals surface area contributed by atoms with Crippen LogP contribution >= 0.6 is 11.3 Å². The van der Waals surface area contributed by atoms with E-state index in [2.05, 4.69) is 37.6 Å². The monoisotopic (exact) mass is 294 g/mol. The summed E-state index contributed by atoms with van der Waals surface area (Å²) in [5.41, 5.74) is 4.05. The molecule has 0 bridgehead atoms. The summed E-state index contributed by atoms with van der Waals surface area (Å²) in [6.07, 6.45) is 6.26. The number of nitrogens with one attached hydrogen (secondary N) is 2. The zero-order valence-corrected chi connectivity index (χ0v) is 13.5. The second-order valence-corrected chi connectivity index (χ2v) is 7.11. The summed E-state index contributed by atoms with van der Waals surface area (Å²) < 4.78 is 0. The van der Waals surface area contributed by atoms with Gasteiger partial charge in [0.25, 0.3) is 0 Å². The summed E-state index contributed by atoms with van der Waals surface area (Å²) in [5.74, 6) is 6.33. The van der Waals surface area contributed by atoms with Gasteiger partial charge < -0.3 is 5.32 Å². The normalized spacial score (nSPS) is 18.9. The zero-order chi connectivity index (χ0) is 14.5. The van der Waals surface area contributed by atoms with Crippen molar-refractivity contribution in [1.29, 1.82) is 0 Å². The van der Waals surface area contributed by atoms with Crippen molar-refractivity contribution in [1.82, 2.24) is 10.7 Å². The first kappa shape index (κ1) is 15.3. The molecule has 20 heavy (non-hydrogen) atoms. The van der Waals surface area contributed by atoms with Gasteiger partial charge in [-0.15, -0.1) is 11.3 Å². The molecule has 0 radical (unpaired) electrons. The third-order valence-electron chi connectivity index (χ3n) is 3.92. The Hall–Kier alpha value is -1.07. The number of nitrogens with two attached hydrogens (primary N) is 1. The number of hydrogen-bond acceptors (Lipinski definition) is 3. The topological polar surface area (TPSA) is 62.4 Å². The fraction of sp³-hybridized carbons (Fsp3) is 0.667. The molecule has 0 aromatic carbocycles. The van der Waals surface area contributed by atoms with Crippen LogP contribution in [-0.4, -0.2) is 12.0 Å². The summed E-state index contributed by atoms with van der Waals surface area (Å²) in [6.45, 7) is 6.47. The standard InChI is InChI=1S/C15H26N4S/c1-10-9-14(12(3)20-10)11(2)17-15(19-16)18-13-7-5-4-6-8-13/h9,11,13H,4-8,16H2,1-3H3,(H2,17,18,19). The molecule has 1 saturated carbocycles. The third kappa shape index (κ3) is 3.96. The van der Waals surface area contributed by atoms with Crippen molar-refractivity contribution >= 4 is 17.3 Å². The third-order valence-corrected chi connectivity index (χ3v) is 4.90. The van der Waals surface area contributed by atoms with E-state index in [1.165, 1.54) is 47.4 Å². The minimum Gasteiger partial charge on any atom is -0.349 e. The fourth-order valence-corrected chi connectivity index (χ4v) is 3.89. The lowest BCUT2D eigenvalue weighted by atomic mass is 9.96. The van der Waals surface area contributed by atoms with Crippen LogP contribution in [0, 0.1) is 13.8 Å². The Morgan fingerprint density at radius 2 is 2.05 bits per heavy atom. The van der Waals surface area contributed by atoms with Crippen LogP contribution in [0.5, 0.6) is 0 Å². The molecule has 0 amide bonds. The van der Waals surface area contributed by atoms with E-state index in [0.29, 0.717) is 12.0 Å².